The molecule has 25 heavy (non-hydrogen) atoms. The van der Waals surface area contributed by atoms with Gasteiger partial charge in [0, 0.05) is 32.6 Å². The van der Waals surface area contributed by atoms with Crippen molar-refractivity contribution in [1.82, 2.24) is 19.9 Å². The van der Waals surface area contributed by atoms with Crippen LogP contribution in [0.1, 0.15) is 31.1 Å². The molecule has 134 valence electrons. The Bertz CT molecular complexity index is 705. The van der Waals surface area contributed by atoms with Crippen LogP contribution in [-0.2, 0) is 23.3 Å². The van der Waals surface area contributed by atoms with E-state index in [2.05, 4.69) is 15.0 Å². The second-order valence-electron chi connectivity index (χ2n) is 6.59. The molecule has 0 aliphatic carbocycles. The molecule has 1 fully saturated rings. The summed E-state index contributed by atoms with van der Waals surface area (Å²) in [7, 11) is 0. The fourth-order valence-electron chi connectivity index (χ4n) is 3.04. The van der Waals surface area contributed by atoms with Gasteiger partial charge in [0.15, 0.2) is 5.82 Å². The van der Waals surface area contributed by atoms with E-state index in [1.165, 1.54) is 0 Å². The summed E-state index contributed by atoms with van der Waals surface area (Å²) >= 11 is 0. The van der Waals surface area contributed by atoms with Gasteiger partial charge in [0.2, 0.25) is 11.8 Å². The summed E-state index contributed by atoms with van der Waals surface area (Å²) in [5.41, 5.74) is 6.18. The van der Waals surface area contributed by atoms with Crippen LogP contribution in [-0.4, -0.2) is 52.0 Å². The molecule has 1 aliphatic rings. The summed E-state index contributed by atoms with van der Waals surface area (Å²) in [6.07, 6.45) is 0.740. The lowest BCUT2D eigenvalue weighted by molar-refractivity contribution is -0.138. The highest BCUT2D eigenvalue weighted by atomic mass is 16.5. The molecule has 1 saturated heterocycles. The molecule has 2 N–H and O–H groups in total. The number of rotatable bonds is 5. The van der Waals surface area contributed by atoms with Crippen molar-refractivity contribution in [2.45, 2.75) is 32.4 Å². The fourth-order valence-corrected chi connectivity index (χ4v) is 3.04. The topological polar surface area (TPSA) is 88.5 Å². The van der Waals surface area contributed by atoms with Gasteiger partial charge in [-0.15, -0.1) is 0 Å². The second-order valence-corrected chi connectivity index (χ2v) is 6.59. The first-order chi connectivity index (χ1) is 12.0. The minimum absolute atomic E-state index is 0.0359. The normalized spacial score (nSPS) is 18.1. The van der Waals surface area contributed by atoms with Gasteiger partial charge in [0.25, 0.3) is 0 Å². The van der Waals surface area contributed by atoms with E-state index in [0.29, 0.717) is 31.3 Å². The largest absolute Gasteiger partial charge is 0.339 e. The van der Waals surface area contributed by atoms with E-state index < -0.39 is 5.54 Å². The minimum Gasteiger partial charge on any atom is -0.339 e. The SMILES string of the molecule is CCc1nc(CN2CCN(C(=O)C(C)(N)c3ccccc3)CC2)no1. The number of aryl methyl sites for hydroxylation is 1. The maximum Gasteiger partial charge on any atom is 0.247 e. The summed E-state index contributed by atoms with van der Waals surface area (Å²) in [6.45, 7) is 7.25. The molecule has 1 unspecified atom stereocenters. The zero-order chi connectivity index (χ0) is 17.9. The maximum atomic E-state index is 12.9. The van der Waals surface area contributed by atoms with Gasteiger partial charge in [-0.05, 0) is 12.5 Å². The van der Waals surface area contributed by atoms with Crippen molar-refractivity contribution < 1.29 is 9.32 Å². The quantitative estimate of drug-likeness (QED) is 0.876. The van der Waals surface area contributed by atoms with Crippen molar-refractivity contribution in [3.63, 3.8) is 0 Å². The van der Waals surface area contributed by atoms with Crippen molar-refractivity contribution >= 4 is 5.91 Å². The third kappa shape index (κ3) is 3.88. The molecular formula is C18H25N5O2. The molecule has 0 radical (unpaired) electrons. The molecule has 1 atom stereocenters. The van der Waals surface area contributed by atoms with Crippen LogP contribution in [0.25, 0.3) is 0 Å². The zero-order valence-electron chi connectivity index (χ0n) is 14.8. The molecule has 7 nitrogen and oxygen atoms in total. The van der Waals surface area contributed by atoms with Crippen molar-refractivity contribution in [3.8, 4) is 0 Å². The van der Waals surface area contributed by atoms with Gasteiger partial charge in [-0.1, -0.05) is 42.4 Å². The van der Waals surface area contributed by atoms with Crippen LogP contribution in [0, 0.1) is 0 Å². The molecule has 0 saturated carbocycles. The van der Waals surface area contributed by atoms with Crippen molar-refractivity contribution in [2.75, 3.05) is 26.2 Å². The fraction of sp³-hybridized carbons (Fsp3) is 0.500. The van der Waals surface area contributed by atoms with E-state index in [9.17, 15) is 4.79 Å². The third-order valence-electron chi connectivity index (χ3n) is 4.65. The lowest BCUT2D eigenvalue weighted by atomic mass is 9.91. The van der Waals surface area contributed by atoms with Crippen LogP contribution >= 0.6 is 0 Å². The Morgan fingerprint density at radius 1 is 1.24 bits per heavy atom. The van der Waals surface area contributed by atoms with Crippen LogP contribution in [0.15, 0.2) is 34.9 Å². The Labute approximate surface area is 147 Å². The number of nitrogens with two attached hydrogens (primary N) is 1. The number of benzene rings is 1. The maximum absolute atomic E-state index is 12.9. The number of carbonyl (C=O) groups is 1. The molecule has 1 aromatic carbocycles. The van der Waals surface area contributed by atoms with Gasteiger partial charge in [0.1, 0.15) is 5.54 Å². The molecule has 0 bridgehead atoms. The van der Waals surface area contributed by atoms with Crippen molar-refractivity contribution in [1.29, 1.82) is 0 Å². The standard InChI is InChI=1S/C18H25N5O2/c1-3-16-20-15(21-25-16)13-22-9-11-23(12-10-22)17(24)18(2,19)14-7-5-4-6-8-14/h4-8H,3,9-13,19H2,1-2H3. The Morgan fingerprint density at radius 3 is 2.52 bits per heavy atom. The minimum atomic E-state index is -1.01. The van der Waals surface area contributed by atoms with Gasteiger partial charge in [0.05, 0.1) is 6.54 Å². The van der Waals surface area contributed by atoms with E-state index in [-0.39, 0.29) is 5.91 Å². The van der Waals surface area contributed by atoms with Crippen LogP contribution in [0.5, 0.6) is 0 Å². The molecule has 7 heteroatoms. The predicted molar refractivity (Wildman–Crippen MR) is 93.5 cm³/mol. The molecule has 1 aliphatic heterocycles. The Balaban J connectivity index is 1.57. The molecule has 3 rings (SSSR count). The third-order valence-corrected chi connectivity index (χ3v) is 4.65. The van der Waals surface area contributed by atoms with Crippen LogP contribution in [0.4, 0.5) is 0 Å². The van der Waals surface area contributed by atoms with Gasteiger partial charge >= 0.3 is 0 Å². The summed E-state index contributed by atoms with van der Waals surface area (Å²) < 4.78 is 5.14. The smallest absolute Gasteiger partial charge is 0.247 e. The first-order valence-corrected chi connectivity index (χ1v) is 8.68. The van der Waals surface area contributed by atoms with Gasteiger partial charge < -0.3 is 15.2 Å². The molecular weight excluding hydrogens is 318 g/mol. The summed E-state index contributed by atoms with van der Waals surface area (Å²) in [5.74, 6) is 1.32. The van der Waals surface area contributed by atoms with Crippen molar-refractivity contribution in [2.24, 2.45) is 5.73 Å². The Hall–Kier alpha value is -2.25. The predicted octanol–water partition coefficient (Wildman–Crippen LogP) is 1.15. The number of carbonyl (C=O) groups excluding carboxylic acids is 1. The molecule has 1 aromatic heterocycles. The molecule has 0 spiro atoms. The summed E-state index contributed by atoms with van der Waals surface area (Å²) in [5, 5.41) is 3.99. The van der Waals surface area contributed by atoms with Gasteiger partial charge in [-0.25, -0.2) is 0 Å². The van der Waals surface area contributed by atoms with E-state index in [0.717, 1.165) is 25.1 Å². The lowest BCUT2D eigenvalue weighted by Gasteiger charge is -2.38. The molecule has 2 aromatic rings. The van der Waals surface area contributed by atoms with Gasteiger partial charge in [-0.2, -0.15) is 4.98 Å². The number of nitrogens with zero attached hydrogens (tertiary/aromatic N) is 4. The highest BCUT2D eigenvalue weighted by Gasteiger charge is 2.35. The van der Waals surface area contributed by atoms with E-state index in [1.54, 1.807) is 6.92 Å². The van der Waals surface area contributed by atoms with Crippen LogP contribution in [0.3, 0.4) is 0 Å². The Morgan fingerprint density at radius 2 is 1.92 bits per heavy atom. The lowest BCUT2D eigenvalue weighted by Crippen LogP contribution is -2.56. The van der Waals surface area contributed by atoms with Gasteiger partial charge in [-0.3, -0.25) is 9.69 Å². The van der Waals surface area contributed by atoms with E-state index in [4.69, 9.17) is 10.3 Å². The monoisotopic (exact) mass is 343 g/mol. The van der Waals surface area contributed by atoms with E-state index >= 15 is 0 Å². The molecule has 2 heterocycles. The number of amides is 1. The average Bonchev–Trinajstić information content (AvgIpc) is 3.10. The van der Waals surface area contributed by atoms with Crippen LogP contribution < -0.4 is 5.73 Å². The first kappa shape index (κ1) is 17.6. The Kier molecular flexibility index (Phi) is 5.15. The first-order valence-electron chi connectivity index (χ1n) is 8.68. The highest BCUT2D eigenvalue weighted by Crippen LogP contribution is 2.21. The van der Waals surface area contributed by atoms with E-state index in [1.807, 2.05) is 42.2 Å². The number of hydrogen-bond donors (Lipinski definition) is 1. The number of aromatic nitrogens is 2. The van der Waals surface area contributed by atoms with Crippen LogP contribution in [0.2, 0.25) is 0 Å². The number of hydrogen-bond acceptors (Lipinski definition) is 6. The highest BCUT2D eigenvalue weighted by molar-refractivity contribution is 5.87. The average molecular weight is 343 g/mol. The molecule has 1 amide bonds. The number of piperazine rings is 1. The second kappa shape index (κ2) is 7.33. The summed E-state index contributed by atoms with van der Waals surface area (Å²) in [4.78, 5) is 21.3. The summed E-state index contributed by atoms with van der Waals surface area (Å²) in [6, 6.07) is 9.53. The zero-order valence-corrected chi connectivity index (χ0v) is 14.8. The van der Waals surface area contributed by atoms with Crippen molar-refractivity contribution in [3.05, 3.63) is 47.6 Å².